The lowest BCUT2D eigenvalue weighted by molar-refractivity contribution is 0.134. The van der Waals surface area contributed by atoms with Gasteiger partial charge >= 0.3 is 0 Å². The molecule has 0 aromatic heterocycles. The molecule has 1 saturated heterocycles. The fourth-order valence-corrected chi connectivity index (χ4v) is 6.36. The van der Waals surface area contributed by atoms with Gasteiger partial charge in [-0.2, -0.15) is 0 Å². The van der Waals surface area contributed by atoms with Crippen LogP contribution in [0.25, 0.3) is 0 Å². The van der Waals surface area contributed by atoms with E-state index in [2.05, 4.69) is 84.8 Å². The number of thiocarbonyl (C=S) groups is 1. The summed E-state index contributed by atoms with van der Waals surface area (Å²) in [6.45, 7) is 8.83. The monoisotopic (exact) mass is 465 g/mol. The Bertz CT molecular complexity index is 1010. The van der Waals surface area contributed by atoms with Gasteiger partial charge in [0.25, 0.3) is 0 Å². The molecule has 3 atom stereocenters. The van der Waals surface area contributed by atoms with E-state index >= 15 is 0 Å². The van der Waals surface area contributed by atoms with Crippen molar-refractivity contribution in [3.8, 4) is 11.5 Å². The predicted octanol–water partition coefficient (Wildman–Crippen LogP) is 4.74. The molecule has 6 heteroatoms. The van der Waals surface area contributed by atoms with E-state index in [0.29, 0.717) is 18.9 Å². The Labute approximate surface area is 202 Å². The first-order valence-electron chi connectivity index (χ1n) is 12.1. The number of likely N-dealkylation sites (tertiary alicyclic amines) is 1. The van der Waals surface area contributed by atoms with E-state index in [0.717, 1.165) is 49.0 Å². The molecule has 1 saturated carbocycles. The lowest BCUT2D eigenvalue weighted by Crippen LogP contribution is -2.55. The van der Waals surface area contributed by atoms with Gasteiger partial charge in [-0.25, -0.2) is 0 Å². The lowest BCUT2D eigenvalue weighted by atomic mass is 9.65. The molecule has 2 heterocycles. The van der Waals surface area contributed by atoms with Crippen molar-refractivity contribution in [3.05, 3.63) is 59.7 Å². The van der Waals surface area contributed by atoms with E-state index in [1.165, 1.54) is 17.5 Å². The highest BCUT2D eigenvalue weighted by Crippen LogP contribution is 2.51. The maximum atomic E-state index is 5.74. The second kappa shape index (κ2) is 8.80. The van der Waals surface area contributed by atoms with Crippen LogP contribution in [0.5, 0.6) is 11.5 Å². The molecule has 2 aliphatic heterocycles. The van der Waals surface area contributed by atoms with E-state index in [-0.39, 0.29) is 11.0 Å². The summed E-state index contributed by atoms with van der Waals surface area (Å²) < 4.78 is 11.3. The SMILES string of the molecule is CC(C)(C)NC(=S)N[C@H]1CC[C@@]2(c3ccc4c(c3)OCO4)CCN(Cc3ccccc3)[C@H]2C1. The van der Waals surface area contributed by atoms with Crippen LogP contribution in [-0.2, 0) is 12.0 Å². The minimum atomic E-state index is -0.0400. The van der Waals surface area contributed by atoms with Crippen LogP contribution in [0.15, 0.2) is 48.5 Å². The van der Waals surface area contributed by atoms with Gasteiger partial charge in [0.15, 0.2) is 16.6 Å². The van der Waals surface area contributed by atoms with Gasteiger partial charge in [0.05, 0.1) is 0 Å². The number of rotatable bonds is 4. The Morgan fingerprint density at radius 2 is 1.88 bits per heavy atom. The van der Waals surface area contributed by atoms with Crippen LogP contribution in [0.3, 0.4) is 0 Å². The number of hydrogen-bond acceptors (Lipinski definition) is 4. The number of hydrogen-bond donors (Lipinski definition) is 2. The maximum Gasteiger partial charge on any atom is 0.231 e. The molecule has 33 heavy (non-hydrogen) atoms. The van der Waals surface area contributed by atoms with Crippen molar-refractivity contribution in [1.29, 1.82) is 0 Å². The van der Waals surface area contributed by atoms with Crippen molar-refractivity contribution in [1.82, 2.24) is 15.5 Å². The Balaban J connectivity index is 1.40. The molecule has 2 fully saturated rings. The normalized spacial score (nSPS) is 26.6. The second-order valence-corrected chi connectivity index (χ2v) is 11.2. The van der Waals surface area contributed by atoms with E-state index in [1.807, 2.05) is 0 Å². The summed E-state index contributed by atoms with van der Waals surface area (Å²) in [6, 6.07) is 18.3. The summed E-state index contributed by atoms with van der Waals surface area (Å²) in [5.74, 6) is 1.75. The van der Waals surface area contributed by atoms with E-state index < -0.39 is 0 Å². The van der Waals surface area contributed by atoms with E-state index in [9.17, 15) is 0 Å². The van der Waals surface area contributed by atoms with Crippen LogP contribution in [0, 0.1) is 0 Å². The predicted molar refractivity (Wildman–Crippen MR) is 136 cm³/mol. The molecule has 176 valence electrons. The van der Waals surface area contributed by atoms with Gasteiger partial charge in [0.2, 0.25) is 6.79 Å². The van der Waals surface area contributed by atoms with Crippen LogP contribution in [0.2, 0.25) is 0 Å². The van der Waals surface area contributed by atoms with Crippen molar-refractivity contribution in [2.75, 3.05) is 13.3 Å². The Kier molecular flexibility index (Phi) is 6.00. The largest absolute Gasteiger partial charge is 0.454 e. The van der Waals surface area contributed by atoms with Crippen LogP contribution >= 0.6 is 12.2 Å². The van der Waals surface area contributed by atoms with Crippen molar-refractivity contribution >= 4 is 17.3 Å². The molecule has 2 N–H and O–H groups in total. The van der Waals surface area contributed by atoms with Crippen molar-refractivity contribution < 1.29 is 9.47 Å². The minimum Gasteiger partial charge on any atom is -0.454 e. The highest BCUT2D eigenvalue weighted by Gasteiger charge is 2.51. The quantitative estimate of drug-likeness (QED) is 0.636. The fraction of sp³-hybridized carbons (Fsp3) is 0.519. The summed E-state index contributed by atoms with van der Waals surface area (Å²) in [7, 11) is 0. The third kappa shape index (κ3) is 4.69. The lowest BCUT2D eigenvalue weighted by Gasteiger charge is -2.46. The molecule has 0 unspecified atom stereocenters. The minimum absolute atomic E-state index is 0.0400. The van der Waals surface area contributed by atoms with Gasteiger partial charge in [0.1, 0.15) is 0 Å². The van der Waals surface area contributed by atoms with Gasteiger partial charge in [-0.1, -0.05) is 36.4 Å². The molecule has 2 aromatic carbocycles. The fourth-order valence-electron chi connectivity index (χ4n) is 5.89. The molecule has 1 aliphatic carbocycles. The van der Waals surface area contributed by atoms with Crippen LogP contribution in [0.4, 0.5) is 0 Å². The van der Waals surface area contributed by atoms with Crippen molar-refractivity contribution in [3.63, 3.8) is 0 Å². The number of benzene rings is 2. The van der Waals surface area contributed by atoms with E-state index in [1.54, 1.807) is 0 Å². The average Bonchev–Trinajstić information content (AvgIpc) is 3.38. The summed E-state index contributed by atoms with van der Waals surface area (Å²) in [5.41, 5.74) is 2.86. The summed E-state index contributed by atoms with van der Waals surface area (Å²) in [4.78, 5) is 2.69. The molecule has 0 radical (unpaired) electrons. The number of fused-ring (bicyclic) bond motifs is 2. The Hall–Kier alpha value is -2.31. The molecular weight excluding hydrogens is 430 g/mol. The molecule has 5 nitrogen and oxygen atoms in total. The zero-order chi connectivity index (χ0) is 23.1. The molecule has 5 rings (SSSR count). The van der Waals surface area contributed by atoms with E-state index in [4.69, 9.17) is 21.7 Å². The third-order valence-electron chi connectivity index (χ3n) is 7.37. The number of ether oxygens (including phenoxy) is 2. The molecular formula is C27H35N3O2S. The molecule has 0 bridgehead atoms. The Morgan fingerprint density at radius 1 is 1.09 bits per heavy atom. The van der Waals surface area contributed by atoms with Gasteiger partial charge < -0.3 is 20.1 Å². The zero-order valence-corrected chi connectivity index (χ0v) is 20.7. The highest BCUT2D eigenvalue weighted by molar-refractivity contribution is 7.80. The van der Waals surface area contributed by atoms with Gasteiger partial charge in [0, 0.05) is 29.6 Å². The van der Waals surface area contributed by atoms with Gasteiger partial charge in [-0.3, -0.25) is 4.90 Å². The van der Waals surface area contributed by atoms with Gasteiger partial charge in [-0.05, 0) is 88.5 Å². The van der Waals surface area contributed by atoms with Crippen LogP contribution in [-0.4, -0.2) is 41.0 Å². The number of nitrogens with one attached hydrogen (secondary N) is 2. The van der Waals surface area contributed by atoms with Crippen LogP contribution < -0.4 is 20.1 Å². The van der Waals surface area contributed by atoms with Crippen molar-refractivity contribution in [2.24, 2.45) is 0 Å². The smallest absolute Gasteiger partial charge is 0.231 e. The first kappa shape index (κ1) is 22.5. The maximum absolute atomic E-state index is 5.74. The summed E-state index contributed by atoms with van der Waals surface area (Å²) >= 11 is 5.65. The molecule has 0 amide bonds. The number of nitrogens with zero attached hydrogens (tertiary/aromatic N) is 1. The topological polar surface area (TPSA) is 45.8 Å². The summed E-state index contributed by atoms with van der Waals surface area (Å²) in [5, 5.41) is 7.81. The standard InChI is InChI=1S/C27H35N3O2S/c1-26(2,3)29-25(33)28-21-11-12-27(20-9-10-22-23(15-20)32-18-31-22)13-14-30(24(27)16-21)17-19-7-5-4-6-8-19/h4-10,15,21,24H,11-14,16-18H2,1-3H3,(H2,28,29,33)/t21-,24-,27-/m0/s1. The highest BCUT2D eigenvalue weighted by atomic mass is 32.1. The Morgan fingerprint density at radius 3 is 2.67 bits per heavy atom. The summed E-state index contributed by atoms with van der Waals surface area (Å²) in [6.07, 6.45) is 4.49. The zero-order valence-electron chi connectivity index (χ0n) is 19.9. The first-order valence-corrected chi connectivity index (χ1v) is 12.5. The van der Waals surface area contributed by atoms with Crippen molar-refractivity contribution in [2.45, 2.75) is 76.0 Å². The van der Waals surface area contributed by atoms with Gasteiger partial charge in [-0.15, -0.1) is 0 Å². The molecule has 0 spiro atoms. The third-order valence-corrected chi connectivity index (χ3v) is 7.59. The first-order chi connectivity index (χ1) is 15.8. The molecule has 3 aliphatic rings. The van der Waals surface area contributed by atoms with Crippen LogP contribution in [0.1, 0.15) is 57.6 Å². The molecule has 2 aromatic rings. The second-order valence-electron chi connectivity index (χ2n) is 10.8. The average molecular weight is 466 g/mol.